The highest BCUT2D eigenvalue weighted by molar-refractivity contribution is 5.86. The van der Waals surface area contributed by atoms with Gasteiger partial charge in [-0.3, -0.25) is 4.79 Å². The Bertz CT molecular complexity index is 1050. The van der Waals surface area contributed by atoms with E-state index < -0.39 is 41.5 Å². The van der Waals surface area contributed by atoms with Gasteiger partial charge < -0.3 is 24.4 Å². The van der Waals surface area contributed by atoms with Gasteiger partial charge in [-0.1, -0.05) is 6.92 Å². The number of nitrogens with one attached hydrogen (secondary N) is 1. The first-order chi connectivity index (χ1) is 16.9. The predicted molar refractivity (Wildman–Crippen MR) is 129 cm³/mol. The number of carbonyl (C=O) groups excluding carboxylic acids is 3. The lowest BCUT2D eigenvalue weighted by Gasteiger charge is -2.25. The van der Waals surface area contributed by atoms with Crippen molar-refractivity contribution in [2.45, 2.75) is 72.1 Å². The zero-order chi connectivity index (χ0) is 26.7. The third kappa shape index (κ3) is 6.14. The molecule has 8 nitrogen and oxygen atoms in total. The largest absolute Gasteiger partial charge is 0.482 e. The molecule has 0 unspecified atom stereocenters. The Labute approximate surface area is 209 Å². The Morgan fingerprint density at radius 2 is 1.92 bits per heavy atom. The van der Waals surface area contributed by atoms with E-state index in [1.54, 1.807) is 39.5 Å². The number of rotatable bonds is 9. The number of anilines is 1. The normalized spacial score (nSPS) is 18.7. The Kier molecular flexibility index (Phi) is 8.26. The second kappa shape index (κ2) is 10.8. The summed E-state index contributed by atoms with van der Waals surface area (Å²) in [5.74, 6) is -2.54. The zero-order valence-electron chi connectivity index (χ0n) is 21.4. The summed E-state index contributed by atoms with van der Waals surface area (Å²) in [6.07, 6.45) is 3.25. The first kappa shape index (κ1) is 27.4. The molecule has 1 saturated heterocycles. The molecule has 1 aliphatic carbocycles. The Hall–Kier alpha value is -3.17. The summed E-state index contributed by atoms with van der Waals surface area (Å²) in [4.78, 5) is 37.7. The highest BCUT2D eigenvalue weighted by Crippen LogP contribution is 2.54. The molecule has 36 heavy (non-hydrogen) atoms. The number of hydrogen-bond acceptors (Lipinski definition) is 7. The van der Waals surface area contributed by atoms with Gasteiger partial charge in [-0.25, -0.2) is 18.4 Å². The topological polar surface area (TPSA) is 94.2 Å². The van der Waals surface area contributed by atoms with Gasteiger partial charge in [0.05, 0.1) is 29.5 Å². The molecule has 1 saturated carbocycles. The van der Waals surface area contributed by atoms with E-state index >= 15 is 8.78 Å². The van der Waals surface area contributed by atoms with Gasteiger partial charge in [0, 0.05) is 18.5 Å². The highest BCUT2D eigenvalue weighted by atomic mass is 19.1. The van der Waals surface area contributed by atoms with Crippen molar-refractivity contribution in [1.82, 2.24) is 5.32 Å². The van der Waals surface area contributed by atoms with E-state index in [0.29, 0.717) is 13.0 Å². The Morgan fingerprint density at radius 1 is 1.22 bits per heavy atom. The third-order valence-corrected chi connectivity index (χ3v) is 6.23. The van der Waals surface area contributed by atoms with Crippen LogP contribution in [-0.4, -0.2) is 49.7 Å². The second-order valence-corrected chi connectivity index (χ2v) is 10.1. The van der Waals surface area contributed by atoms with Gasteiger partial charge >= 0.3 is 12.1 Å². The summed E-state index contributed by atoms with van der Waals surface area (Å²) in [5.41, 5.74) is -1.64. The summed E-state index contributed by atoms with van der Waals surface area (Å²) in [7, 11) is 0. The average molecular weight is 509 g/mol. The molecule has 10 heteroatoms. The van der Waals surface area contributed by atoms with Crippen LogP contribution in [0.3, 0.4) is 0 Å². The van der Waals surface area contributed by atoms with Crippen molar-refractivity contribution in [3.63, 3.8) is 0 Å². The van der Waals surface area contributed by atoms with Crippen molar-refractivity contribution >= 4 is 24.0 Å². The van der Waals surface area contributed by atoms with Crippen molar-refractivity contribution < 1.29 is 37.4 Å². The standard InChI is InChI=1S/C26H34F2N2O6/c1-6-8-19(23(32)34-7-2)35-14-17-21(28)16(13-31)11-18(27)22(17)30-12-20(26(15-30)9-10-26)29-24(33)36-25(3,4)5/h8,11,13,20H,6-7,9-10,12,14-15H2,1-5H3,(H,29,33)/t20-/m1/s1. The summed E-state index contributed by atoms with van der Waals surface area (Å²) >= 11 is 0. The SMILES string of the molecule is CCC=C(OCc1c(F)c(C=O)cc(F)c1N1C[C@@H](NC(=O)OC(C)(C)C)C2(CC2)C1)C(=O)OCC. The lowest BCUT2D eigenvalue weighted by Crippen LogP contribution is -2.44. The molecule has 0 bridgehead atoms. The molecule has 1 heterocycles. The van der Waals surface area contributed by atoms with Crippen LogP contribution in [0.2, 0.25) is 0 Å². The molecule has 2 aliphatic rings. The predicted octanol–water partition coefficient (Wildman–Crippen LogP) is 4.64. The first-order valence-electron chi connectivity index (χ1n) is 12.1. The van der Waals surface area contributed by atoms with E-state index in [4.69, 9.17) is 14.2 Å². The van der Waals surface area contributed by atoms with Crippen LogP contribution in [0.25, 0.3) is 0 Å². The summed E-state index contributed by atoms with van der Waals surface area (Å²) in [6, 6.07) is 0.521. The van der Waals surface area contributed by atoms with Gasteiger partial charge in [0.25, 0.3) is 0 Å². The van der Waals surface area contributed by atoms with Crippen LogP contribution < -0.4 is 10.2 Å². The number of esters is 1. The molecule has 3 rings (SSSR count). The number of hydrogen-bond donors (Lipinski definition) is 1. The molecule has 1 aliphatic heterocycles. The minimum absolute atomic E-state index is 0.0578. The van der Waals surface area contributed by atoms with Crippen LogP contribution in [0, 0.1) is 17.0 Å². The van der Waals surface area contributed by atoms with Crippen LogP contribution in [0.1, 0.15) is 69.8 Å². The number of aldehydes is 1. The molecule has 1 aromatic carbocycles. The van der Waals surface area contributed by atoms with E-state index in [1.807, 2.05) is 0 Å². The fourth-order valence-electron chi connectivity index (χ4n) is 4.44. The van der Waals surface area contributed by atoms with Crippen molar-refractivity contribution in [2.24, 2.45) is 5.41 Å². The van der Waals surface area contributed by atoms with Crippen LogP contribution in [0.15, 0.2) is 17.9 Å². The third-order valence-electron chi connectivity index (χ3n) is 6.23. The van der Waals surface area contributed by atoms with E-state index in [9.17, 15) is 14.4 Å². The smallest absolute Gasteiger partial charge is 0.407 e. The molecule has 1 amide bonds. The van der Waals surface area contributed by atoms with Crippen molar-refractivity contribution in [3.8, 4) is 0 Å². The quantitative estimate of drug-likeness (QED) is 0.225. The van der Waals surface area contributed by atoms with Gasteiger partial charge in [-0.15, -0.1) is 0 Å². The maximum atomic E-state index is 15.3. The molecular formula is C26H34F2N2O6. The van der Waals surface area contributed by atoms with E-state index in [-0.39, 0.29) is 47.9 Å². The summed E-state index contributed by atoms with van der Waals surface area (Å²) < 4.78 is 46.6. The number of benzene rings is 1. The van der Waals surface area contributed by atoms with Gasteiger partial charge in [-0.2, -0.15) is 0 Å². The van der Waals surface area contributed by atoms with Crippen LogP contribution in [0.5, 0.6) is 0 Å². The number of carbonyl (C=O) groups is 3. The van der Waals surface area contributed by atoms with E-state index in [2.05, 4.69) is 5.32 Å². The fourth-order valence-corrected chi connectivity index (χ4v) is 4.44. The minimum Gasteiger partial charge on any atom is -0.482 e. The van der Waals surface area contributed by atoms with E-state index in [1.165, 1.54) is 6.08 Å². The number of alkyl carbamates (subject to hydrolysis) is 1. The fraction of sp³-hybridized carbons (Fsp3) is 0.577. The molecule has 0 aromatic heterocycles. The average Bonchev–Trinajstić information content (AvgIpc) is 3.48. The molecule has 1 atom stereocenters. The van der Waals surface area contributed by atoms with Crippen molar-refractivity contribution in [2.75, 3.05) is 24.6 Å². The summed E-state index contributed by atoms with van der Waals surface area (Å²) in [6.45, 7) is 8.96. The minimum atomic E-state index is -0.922. The first-order valence-corrected chi connectivity index (χ1v) is 12.1. The maximum absolute atomic E-state index is 15.3. The zero-order valence-corrected chi connectivity index (χ0v) is 21.4. The maximum Gasteiger partial charge on any atom is 0.407 e. The molecule has 1 aromatic rings. The number of nitrogens with zero attached hydrogens (tertiary/aromatic N) is 1. The highest BCUT2D eigenvalue weighted by Gasteiger charge is 2.56. The van der Waals surface area contributed by atoms with Gasteiger partial charge in [0.2, 0.25) is 5.76 Å². The lowest BCUT2D eigenvalue weighted by atomic mass is 10.0. The molecule has 2 fully saturated rings. The van der Waals surface area contributed by atoms with Gasteiger partial charge in [0.15, 0.2) is 6.29 Å². The van der Waals surface area contributed by atoms with E-state index in [0.717, 1.165) is 18.9 Å². The van der Waals surface area contributed by atoms with Crippen LogP contribution in [-0.2, 0) is 25.6 Å². The molecule has 198 valence electrons. The number of ether oxygens (including phenoxy) is 3. The van der Waals surface area contributed by atoms with Crippen molar-refractivity contribution in [1.29, 1.82) is 0 Å². The molecule has 0 radical (unpaired) electrons. The lowest BCUT2D eigenvalue weighted by molar-refractivity contribution is -0.142. The Morgan fingerprint density at radius 3 is 2.47 bits per heavy atom. The summed E-state index contributed by atoms with van der Waals surface area (Å²) in [5, 5.41) is 2.88. The van der Waals surface area contributed by atoms with Gasteiger partial charge in [-0.05, 0) is 59.1 Å². The van der Waals surface area contributed by atoms with Gasteiger partial charge in [0.1, 0.15) is 23.8 Å². The number of amides is 1. The second-order valence-electron chi connectivity index (χ2n) is 10.1. The van der Waals surface area contributed by atoms with Crippen LogP contribution in [0.4, 0.5) is 19.3 Å². The molecule has 1 spiro atoms. The monoisotopic (exact) mass is 508 g/mol. The molecule has 1 N–H and O–H groups in total. The molecular weight excluding hydrogens is 474 g/mol. The van der Waals surface area contributed by atoms with Crippen LogP contribution >= 0.6 is 0 Å². The Balaban J connectivity index is 1.90. The van der Waals surface area contributed by atoms with Crippen molar-refractivity contribution in [3.05, 3.63) is 40.7 Å². The number of allylic oxidation sites excluding steroid dienone is 1. The number of halogens is 2.